The Morgan fingerprint density at radius 2 is 1.57 bits per heavy atom. The number of ketones is 1. The van der Waals surface area contributed by atoms with Crippen molar-refractivity contribution in [3.8, 4) is 5.75 Å². The van der Waals surface area contributed by atoms with Gasteiger partial charge in [-0.25, -0.2) is 4.39 Å². The van der Waals surface area contributed by atoms with Gasteiger partial charge in [0.25, 0.3) is 5.91 Å². The maximum atomic E-state index is 13.2. The Morgan fingerprint density at radius 1 is 0.893 bits per heavy atom. The third kappa shape index (κ3) is 5.04. The van der Waals surface area contributed by atoms with Crippen LogP contribution in [0, 0.1) is 5.82 Å². The van der Waals surface area contributed by atoms with Crippen molar-refractivity contribution < 1.29 is 18.7 Å². The summed E-state index contributed by atoms with van der Waals surface area (Å²) in [5.41, 5.74) is 1.87. The van der Waals surface area contributed by atoms with Crippen LogP contribution in [0.4, 0.5) is 4.39 Å². The first kappa shape index (κ1) is 19.3. The first-order valence-corrected chi connectivity index (χ1v) is 8.84. The Hall–Kier alpha value is -3.47. The van der Waals surface area contributed by atoms with Gasteiger partial charge in [0.05, 0.1) is 0 Å². The number of hydrogen-bond donors (Lipinski definition) is 0. The van der Waals surface area contributed by atoms with Crippen molar-refractivity contribution in [3.63, 3.8) is 0 Å². The van der Waals surface area contributed by atoms with Crippen molar-refractivity contribution in [1.82, 2.24) is 4.90 Å². The fourth-order valence-corrected chi connectivity index (χ4v) is 2.71. The summed E-state index contributed by atoms with van der Waals surface area (Å²) in [6, 6.07) is 21.8. The van der Waals surface area contributed by atoms with Crippen molar-refractivity contribution in [2.75, 3.05) is 13.7 Å². The number of halogens is 1. The molecule has 0 aliphatic carbocycles. The molecular weight excluding hydrogens is 357 g/mol. The normalized spacial score (nSPS) is 10.4. The molecule has 4 nitrogen and oxygen atoms in total. The average molecular weight is 377 g/mol. The fraction of sp³-hybridized carbons (Fsp3) is 0.130. The van der Waals surface area contributed by atoms with Crippen LogP contribution >= 0.6 is 0 Å². The Morgan fingerprint density at radius 3 is 2.25 bits per heavy atom. The van der Waals surface area contributed by atoms with E-state index in [2.05, 4.69) is 0 Å². The highest BCUT2D eigenvalue weighted by Gasteiger charge is 2.12. The molecule has 0 saturated heterocycles. The number of amides is 1. The lowest BCUT2D eigenvalue weighted by Gasteiger charge is -2.17. The van der Waals surface area contributed by atoms with E-state index >= 15 is 0 Å². The summed E-state index contributed by atoms with van der Waals surface area (Å²) in [5, 5.41) is 0. The van der Waals surface area contributed by atoms with Crippen molar-refractivity contribution in [3.05, 3.63) is 101 Å². The van der Waals surface area contributed by atoms with Crippen LogP contribution in [0.25, 0.3) is 0 Å². The van der Waals surface area contributed by atoms with Gasteiger partial charge in [-0.05, 0) is 42.0 Å². The molecule has 3 rings (SSSR count). The highest BCUT2D eigenvalue weighted by molar-refractivity contribution is 6.08. The second kappa shape index (κ2) is 8.95. The van der Waals surface area contributed by atoms with Gasteiger partial charge in [-0.1, -0.05) is 42.5 Å². The van der Waals surface area contributed by atoms with E-state index in [-0.39, 0.29) is 24.1 Å². The molecule has 28 heavy (non-hydrogen) atoms. The van der Waals surface area contributed by atoms with Crippen molar-refractivity contribution >= 4 is 11.7 Å². The molecule has 1 amide bonds. The predicted octanol–water partition coefficient (Wildman–Crippen LogP) is 4.09. The minimum Gasteiger partial charge on any atom is -0.484 e. The summed E-state index contributed by atoms with van der Waals surface area (Å²) in [6.07, 6.45) is 0. The van der Waals surface area contributed by atoms with Gasteiger partial charge in [0.1, 0.15) is 11.6 Å². The predicted molar refractivity (Wildman–Crippen MR) is 105 cm³/mol. The molecule has 0 radical (unpaired) electrons. The Labute approximate surface area is 163 Å². The van der Waals surface area contributed by atoms with E-state index in [0.717, 1.165) is 0 Å². The molecular formula is C23H20FNO3. The molecule has 3 aromatic rings. The zero-order chi connectivity index (χ0) is 19.9. The van der Waals surface area contributed by atoms with E-state index in [4.69, 9.17) is 4.74 Å². The molecule has 0 aliphatic rings. The van der Waals surface area contributed by atoms with Gasteiger partial charge in [0.2, 0.25) is 0 Å². The quantitative estimate of drug-likeness (QED) is 0.583. The monoisotopic (exact) mass is 377 g/mol. The third-order valence-corrected chi connectivity index (χ3v) is 4.25. The van der Waals surface area contributed by atoms with Gasteiger partial charge in [-0.15, -0.1) is 0 Å². The molecule has 0 unspecified atom stereocenters. The summed E-state index contributed by atoms with van der Waals surface area (Å²) < 4.78 is 18.7. The van der Waals surface area contributed by atoms with Gasteiger partial charge in [-0.3, -0.25) is 9.59 Å². The number of hydrogen-bond acceptors (Lipinski definition) is 3. The molecule has 142 valence electrons. The first-order chi connectivity index (χ1) is 13.5. The topological polar surface area (TPSA) is 46.6 Å². The second-order valence-corrected chi connectivity index (χ2v) is 6.39. The highest BCUT2D eigenvalue weighted by Crippen LogP contribution is 2.16. The number of carbonyl (C=O) groups excluding carboxylic acids is 2. The molecule has 0 N–H and O–H groups in total. The molecule has 0 atom stereocenters. The lowest BCUT2D eigenvalue weighted by molar-refractivity contribution is -0.132. The van der Waals surface area contributed by atoms with Crippen molar-refractivity contribution in [2.24, 2.45) is 0 Å². The van der Waals surface area contributed by atoms with Gasteiger partial charge >= 0.3 is 0 Å². The van der Waals surface area contributed by atoms with E-state index in [0.29, 0.717) is 29.0 Å². The zero-order valence-electron chi connectivity index (χ0n) is 15.5. The van der Waals surface area contributed by atoms with Gasteiger partial charge in [0.15, 0.2) is 12.4 Å². The summed E-state index contributed by atoms with van der Waals surface area (Å²) >= 11 is 0. The molecule has 0 heterocycles. The van der Waals surface area contributed by atoms with Crippen molar-refractivity contribution in [1.29, 1.82) is 0 Å². The number of carbonyl (C=O) groups is 2. The van der Waals surface area contributed by atoms with Crippen LogP contribution < -0.4 is 4.74 Å². The van der Waals surface area contributed by atoms with Crippen LogP contribution in [0.15, 0.2) is 78.9 Å². The Bertz CT molecular complexity index is 955. The highest BCUT2D eigenvalue weighted by atomic mass is 19.1. The largest absolute Gasteiger partial charge is 0.484 e. The molecule has 0 bridgehead atoms. The minimum atomic E-state index is -0.334. The van der Waals surface area contributed by atoms with Gasteiger partial charge in [0, 0.05) is 24.7 Å². The van der Waals surface area contributed by atoms with Gasteiger partial charge in [-0.2, -0.15) is 0 Å². The van der Waals surface area contributed by atoms with Crippen LogP contribution in [-0.2, 0) is 11.3 Å². The fourth-order valence-electron chi connectivity index (χ4n) is 2.71. The maximum Gasteiger partial charge on any atom is 0.260 e. The Balaban J connectivity index is 1.54. The van der Waals surface area contributed by atoms with Crippen LogP contribution in [0.3, 0.4) is 0 Å². The maximum absolute atomic E-state index is 13.2. The third-order valence-electron chi connectivity index (χ3n) is 4.25. The lowest BCUT2D eigenvalue weighted by atomic mass is 10.0. The summed E-state index contributed by atoms with van der Waals surface area (Å²) in [5.74, 6) is -0.136. The molecule has 3 aromatic carbocycles. The standard InChI is InChI=1S/C23H20FNO3/c1-25(15-17-6-5-9-20(24)14-17)22(26)16-28-21-12-10-19(11-13-21)23(27)18-7-3-2-4-8-18/h2-14H,15-16H2,1H3. The van der Waals surface area contributed by atoms with E-state index < -0.39 is 0 Å². The molecule has 0 saturated carbocycles. The van der Waals surface area contributed by atoms with Crippen molar-refractivity contribution in [2.45, 2.75) is 6.54 Å². The van der Waals surface area contributed by atoms with Crippen LogP contribution in [-0.4, -0.2) is 30.2 Å². The first-order valence-electron chi connectivity index (χ1n) is 8.84. The summed E-state index contributed by atoms with van der Waals surface area (Å²) in [4.78, 5) is 26.1. The zero-order valence-corrected chi connectivity index (χ0v) is 15.5. The number of rotatable bonds is 7. The van der Waals surface area contributed by atoms with E-state index in [9.17, 15) is 14.0 Å². The molecule has 0 spiro atoms. The number of ether oxygens (including phenoxy) is 1. The summed E-state index contributed by atoms with van der Waals surface area (Å²) in [6.45, 7) is 0.155. The molecule has 0 fully saturated rings. The van der Waals surface area contributed by atoms with E-state index in [1.165, 1.54) is 17.0 Å². The van der Waals surface area contributed by atoms with E-state index in [1.807, 2.05) is 18.2 Å². The Kier molecular flexibility index (Phi) is 6.17. The summed E-state index contributed by atoms with van der Waals surface area (Å²) in [7, 11) is 1.64. The van der Waals surface area contributed by atoms with E-state index in [1.54, 1.807) is 55.6 Å². The number of nitrogens with zero attached hydrogens (tertiary/aromatic N) is 1. The lowest BCUT2D eigenvalue weighted by Crippen LogP contribution is -2.31. The smallest absolute Gasteiger partial charge is 0.260 e. The van der Waals surface area contributed by atoms with Crippen LogP contribution in [0.5, 0.6) is 5.75 Å². The molecule has 0 aliphatic heterocycles. The van der Waals surface area contributed by atoms with Crippen LogP contribution in [0.1, 0.15) is 21.5 Å². The molecule has 0 aromatic heterocycles. The average Bonchev–Trinajstić information content (AvgIpc) is 2.72. The SMILES string of the molecule is CN(Cc1cccc(F)c1)C(=O)COc1ccc(C(=O)c2ccccc2)cc1. The molecule has 5 heteroatoms. The van der Waals surface area contributed by atoms with Crippen LogP contribution in [0.2, 0.25) is 0 Å². The minimum absolute atomic E-state index is 0.0712. The number of benzene rings is 3. The second-order valence-electron chi connectivity index (χ2n) is 6.39. The number of likely N-dealkylation sites (N-methyl/N-ethyl adjacent to an activating group) is 1. The van der Waals surface area contributed by atoms with Gasteiger partial charge < -0.3 is 9.64 Å².